The van der Waals surface area contributed by atoms with Crippen LogP contribution in [0.2, 0.25) is 0 Å². The Bertz CT molecular complexity index is 527. The Morgan fingerprint density at radius 2 is 2.24 bits per heavy atom. The predicted molar refractivity (Wildman–Crippen MR) is 65.2 cm³/mol. The zero-order valence-corrected chi connectivity index (χ0v) is 11.0. The topological polar surface area (TPSA) is 39.9 Å². The van der Waals surface area contributed by atoms with E-state index in [9.17, 15) is 4.39 Å². The Morgan fingerprint density at radius 3 is 2.82 bits per heavy atom. The van der Waals surface area contributed by atoms with E-state index in [0.717, 1.165) is 5.69 Å². The van der Waals surface area contributed by atoms with Crippen molar-refractivity contribution in [2.45, 2.75) is 11.8 Å². The lowest BCUT2D eigenvalue weighted by Crippen LogP contribution is -1.97. The Balaban J connectivity index is 2.38. The summed E-state index contributed by atoms with van der Waals surface area (Å²) in [7, 11) is 1.43. The Morgan fingerprint density at radius 1 is 1.47 bits per heavy atom. The monoisotopic (exact) mass is 299 g/mol. The van der Waals surface area contributed by atoms with Crippen LogP contribution in [-0.2, 0) is 0 Å². The van der Waals surface area contributed by atoms with Crippen LogP contribution in [0, 0.1) is 5.82 Å². The van der Waals surface area contributed by atoms with Gasteiger partial charge >= 0.3 is 0 Å². The standard InChI is InChI=1S/C11H11BrFN3O/c1-7(12)10-6-16(15-14-10)8-3-4-9(13)11(5-8)17-2/h3-7H,1-2H3. The first-order valence-corrected chi connectivity index (χ1v) is 5.93. The van der Waals surface area contributed by atoms with E-state index in [4.69, 9.17) is 4.74 Å². The molecule has 0 N–H and O–H groups in total. The number of nitrogens with zero attached hydrogens (tertiary/aromatic N) is 3. The normalized spacial score (nSPS) is 12.5. The SMILES string of the molecule is COc1cc(-n2cc(C(C)Br)nn2)ccc1F. The van der Waals surface area contributed by atoms with Gasteiger partial charge < -0.3 is 4.74 Å². The molecule has 17 heavy (non-hydrogen) atoms. The second kappa shape index (κ2) is 4.83. The Labute approximate surface area is 107 Å². The van der Waals surface area contributed by atoms with Crippen molar-refractivity contribution in [3.8, 4) is 11.4 Å². The molecule has 0 aliphatic heterocycles. The van der Waals surface area contributed by atoms with E-state index < -0.39 is 5.82 Å². The molecule has 6 heteroatoms. The molecule has 2 rings (SSSR count). The molecule has 0 bridgehead atoms. The van der Waals surface area contributed by atoms with Crippen LogP contribution in [0.3, 0.4) is 0 Å². The molecule has 0 saturated heterocycles. The number of ether oxygens (including phenoxy) is 1. The van der Waals surface area contributed by atoms with Gasteiger partial charge in [-0.05, 0) is 19.1 Å². The number of hydrogen-bond donors (Lipinski definition) is 0. The second-order valence-electron chi connectivity index (χ2n) is 3.52. The Hall–Kier alpha value is -1.43. The van der Waals surface area contributed by atoms with Crippen LogP contribution in [0.1, 0.15) is 17.4 Å². The molecule has 1 atom stereocenters. The summed E-state index contributed by atoms with van der Waals surface area (Å²) in [6.45, 7) is 1.96. The zero-order valence-electron chi connectivity index (χ0n) is 9.39. The summed E-state index contributed by atoms with van der Waals surface area (Å²) in [6, 6.07) is 4.54. The average molecular weight is 300 g/mol. The fourth-order valence-electron chi connectivity index (χ4n) is 1.38. The van der Waals surface area contributed by atoms with E-state index in [0.29, 0.717) is 5.69 Å². The molecule has 1 aromatic carbocycles. The first-order chi connectivity index (χ1) is 8.11. The molecular formula is C11H11BrFN3O. The van der Waals surface area contributed by atoms with Crippen LogP contribution in [0.5, 0.6) is 5.75 Å². The maximum Gasteiger partial charge on any atom is 0.165 e. The third-order valence-corrected chi connectivity index (χ3v) is 2.79. The van der Waals surface area contributed by atoms with Crippen molar-refractivity contribution in [2.24, 2.45) is 0 Å². The van der Waals surface area contributed by atoms with Crippen molar-refractivity contribution in [1.82, 2.24) is 15.0 Å². The van der Waals surface area contributed by atoms with Crippen LogP contribution in [0.15, 0.2) is 24.4 Å². The van der Waals surface area contributed by atoms with Crippen molar-refractivity contribution >= 4 is 15.9 Å². The maximum absolute atomic E-state index is 13.2. The zero-order chi connectivity index (χ0) is 12.4. The summed E-state index contributed by atoms with van der Waals surface area (Å²) < 4.78 is 19.7. The first kappa shape index (κ1) is 12.0. The number of aromatic nitrogens is 3. The van der Waals surface area contributed by atoms with Gasteiger partial charge in [-0.15, -0.1) is 5.10 Å². The van der Waals surface area contributed by atoms with E-state index in [1.165, 1.54) is 13.2 Å². The molecule has 0 fully saturated rings. The van der Waals surface area contributed by atoms with Gasteiger partial charge in [0.15, 0.2) is 11.6 Å². The highest BCUT2D eigenvalue weighted by Crippen LogP contribution is 2.22. The van der Waals surface area contributed by atoms with Crippen LogP contribution in [-0.4, -0.2) is 22.1 Å². The van der Waals surface area contributed by atoms with Crippen LogP contribution < -0.4 is 4.74 Å². The van der Waals surface area contributed by atoms with Crippen LogP contribution in [0.25, 0.3) is 5.69 Å². The Kier molecular flexibility index (Phi) is 3.42. The van der Waals surface area contributed by atoms with Crippen molar-refractivity contribution in [2.75, 3.05) is 7.11 Å². The fourth-order valence-corrected chi connectivity index (χ4v) is 1.59. The third-order valence-electron chi connectivity index (χ3n) is 2.32. The molecule has 0 aliphatic carbocycles. The summed E-state index contributed by atoms with van der Waals surface area (Å²) >= 11 is 3.41. The van der Waals surface area contributed by atoms with Crippen LogP contribution >= 0.6 is 15.9 Å². The number of benzene rings is 1. The molecule has 90 valence electrons. The second-order valence-corrected chi connectivity index (χ2v) is 4.90. The lowest BCUT2D eigenvalue weighted by molar-refractivity contribution is 0.386. The molecule has 0 spiro atoms. The predicted octanol–water partition coefficient (Wildman–Crippen LogP) is 2.87. The van der Waals surface area contributed by atoms with Gasteiger partial charge in [-0.1, -0.05) is 21.1 Å². The minimum atomic E-state index is -0.398. The lowest BCUT2D eigenvalue weighted by Gasteiger charge is -2.04. The van der Waals surface area contributed by atoms with Gasteiger partial charge in [0.05, 0.1) is 29.5 Å². The molecular weight excluding hydrogens is 289 g/mol. The van der Waals surface area contributed by atoms with Gasteiger partial charge in [-0.25, -0.2) is 9.07 Å². The van der Waals surface area contributed by atoms with E-state index in [1.807, 2.05) is 6.92 Å². The molecule has 0 radical (unpaired) electrons. The summed E-state index contributed by atoms with van der Waals surface area (Å²) in [6.07, 6.45) is 1.78. The number of hydrogen-bond acceptors (Lipinski definition) is 3. The van der Waals surface area contributed by atoms with Gasteiger partial charge in [-0.3, -0.25) is 0 Å². The highest BCUT2D eigenvalue weighted by atomic mass is 79.9. The van der Waals surface area contributed by atoms with Gasteiger partial charge in [0.2, 0.25) is 0 Å². The average Bonchev–Trinajstić information content (AvgIpc) is 2.79. The molecule has 0 amide bonds. The van der Waals surface area contributed by atoms with E-state index in [-0.39, 0.29) is 10.6 Å². The highest BCUT2D eigenvalue weighted by Gasteiger charge is 2.09. The molecule has 4 nitrogen and oxygen atoms in total. The first-order valence-electron chi connectivity index (χ1n) is 5.02. The minimum Gasteiger partial charge on any atom is -0.494 e. The van der Waals surface area contributed by atoms with Crippen molar-refractivity contribution in [3.05, 3.63) is 35.9 Å². The lowest BCUT2D eigenvalue weighted by atomic mass is 10.3. The van der Waals surface area contributed by atoms with Gasteiger partial charge in [0, 0.05) is 6.07 Å². The smallest absolute Gasteiger partial charge is 0.165 e. The number of methoxy groups -OCH3 is 1. The molecule has 2 aromatic rings. The summed E-state index contributed by atoms with van der Waals surface area (Å²) in [5, 5.41) is 7.97. The summed E-state index contributed by atoms with van der Waals surface area (Å²) in [4.78, 5) is 0.124. The van der Waals surface area contributed by atoms with Crippen molar-refractivity contribution in [1.29, 1.82) is 0 Å². The van der Waals surface area contributed by atoms with E-state index in [1.54, 1.807) is 23.0 Å². The van der Waals surface area contributed by atoms with E-state index >= 15 is 0 Å². The van der Waals surface area contributed by atoms with E-state index in [2.05, 4.69) is 26.2 Å². The molecule has 1 unspecified atom stereocenters. The van der Waals surface area contributed by atoms with Gasteiger partial charge in [0.25, 0.3) is 0 Å². The summed E-state index contributed by atoms with van der Waals surface area (Å²) in [5.74, 6) is -0.211. The largest absolute Gasteiger partial charge is 0.494 e. The minimum absolute atomic E-state index is 0.124. The van der Waals surface area contributed by atoms with Gasteiger partial charge in [-0.2, -0.15) is 0 Å². The quantitative estimate of drug-likeness (QED) is 0.818. The third kappa shape index (κ3) is 2.46. The maximum atomic E-state index is 13.2. The van der Waals surface area contributed by atoms with Gasteiger partial charge in [0.1, 0.15) is 0 Å². The molecule has 0 aliphatic rings. The number of rotatable bonds is 3. The summed E-state index contributed by atoms with van der Waals surface area (Å²) in [5.41, 5.74) is 1.52. The van der Waals surface area contributed by atoms with Crippen molar-refractivity contribution in [3.63, 3.8) is 0 Å². The fraction of sp³-hybridized carbons (Fsp3) is 0.273. The number of halogens is 2. The molecule has 1 heterocycles. The number of alkyl halides is 1. The van der Waals surface area contributed by atoms with Crippen molar-refractivity contribution < 1.29 is 9.13 Å². The molecule has 0 saturated carbocycles. The highest BCUT2D eigenvalue weighted by molar-refractivity contribution is 9.09. The molecule has 1 aromatic heterocycles. The van der Waals surface area contributed by atoms with Crippen LogP contribution in [0.4, 0.5) is 4.39 Å².